The fourth-order valence-corrected chi connectivity index (χ4v) is 2.61. The summed E-state index contributed by atoms with van der Waals surface area (Å²) in [6.07, 6.45) is 0.867. The Balaban J connectivity index is 2.18. The Bertz CT molecular complexity index is 754. The maximum Gasteiger partial charge on any atom is 0.259 e. The van der Waals surface area contributed by atoms with E-state index in [0.717, 1.165) is 6.42 Å². The first kappa shape index (κ1) is 19.5. The van der Waals surface area contributed by atoms with Crippen molar-refractivity contribution in [3.8, 4) is 5.75 Å². The quantitative estimate of drug-likeness (QED) is 0.772. The molecule has 5 nitrogen and oxygen atoms in total. The van der Waals surface area contributed by atoms with Gasteiger partial charge in [0.2, 0.25) is 0 Å². The van der Waals surface area contributed by atoms with Crippen LogP contribution in [0, 0.1) is 0 Å². The van der Waals surface area contributed by atoms with Gasteiger partial charge in [0.15, 0.2) is 0 Å². The Kier molecular flexibility index (Phi) is 7.21. The molecule has 0 spiro atoms. The third-order valence-electron chi connectivity index (χ3n) is 4.01. The zero-order valence-corrected chi connectivity index (χ0v) is 15.6. The Morgan fingerprint density at radius 3 is 2.42 bits per heavy atom. The maximum atomic E-state index is 12.6. The number of rotatable bonds is 8. The number of hydrogen-bond acceptors (Lipinski definition) is 3. The molecule has 0 heterocycles. The first-order valence-corrected chi connectivity index (χ1v) is 9.03. The molecule has 0 saturated carbocycles. The highest BCUT2D eigenvalue weighted by molar-refractivity contribution is 6.06. The van der Waals surface area contributed by atoms with E-state index in [1.165, 1.54) is 0 Å². The minimum Gasteiger partial charge on any atom is -0.493 e. The van der Waals surface area contributed by atoms with Crippen molar-refractivity contribution < 1.29 is 14.3 Å². The molecule has 2 aromatic rings. The lowest BCUT2D eigenvalue weighted by molar-refractivity contribution is 0.0772. The van der Waals surface area contributed by atoms with Crippen molar-refractivity contribution >= 4 is 17.5 Å². The number of nitrogens with one attached hydrogen (secondary N) is 1. The summed E-state index contributed by atoms with van der Waals surface area (Å²) in [5.74, 6) is 0.254. The van der Waals surface area contributed by atoms with Gasteiger partial charge in [0.05, 0.1) is 12.2 Å². The number of nitrogens with zero attached hydrogens (tertiary/aromatic N) is 1. The molecule has 26 heavy (non-hydrogen) atoms. The van der Waals surface area contributed by atoms with Gasteiger partial charge in [0.25, 0.3) is 11.8 Å². The topological polar surface area (TPSA) is 58.6 Å². The molecule has 1 N–H and O–H groups in total. The highest BCUT2D eigenvalue weighted by Crippen LogP contribution is 2.21. The van der Waals surface area contributed by atoms with Gasteiger partial charge in [-0.1, -0.05) is 25.1 Å². The molecule has 0 unspecified atom stereocenters. The largest absolute Gasteiger partial charge is 0.493 e. The summed E-state index contributed by atoms with van der Waals surface area (Å²) in [5.41, 5.74) is 1.61. The van der Waals surface area contributed by atoms with E-state index < -0.39 is 0 Å². The van der Waals surface area contributed by atoms with Crippen LogP contribution in [0.5, 0.6) is 5.75 Å². The van der Waals surface area contributed by atoms with Crippen LogP contribution >= 0.6 is 0 Å². The summed E-state index contributed by atoms with van der Waals surface area (Å²) >= 11 is 0. The van der Waals surface area contributed by atoms with E-state index in [0.29, 0.717) is 42.3 Å². The monoisotopic (exact) mass is 354 g/mol. The van der Waals surface area contributed by atoms with Crippen LogP contribution < -0.4 is 10.1 Å². The molecule has 0 aromatic heterocycles. The van der Waals surface area contributed by atoms with Gasteiger partial charge in [-0.15, -0.1) is 0 Å². The van der Waals surface area contributed by atoms with E-state index >= 15 is 0 Å². The van der Waals surface area contributed by atoms with Crippen molar-refractivity contribution in [2.75, 3.05) is 25.0 Å². The first-order chi connectivity index (χ1) is 12.6. The van der Waals surface area contributed by atoms with Crippen LogP contribution in [0.15, 0.2) is 48.5 Å². The lowest BCUT2D eigenvalue weighted by Crippen LogP contribution is -2.30. The molecule has 5 heteroatoms. The zero-order chi connectivity index (χ0) is 18.9. The molecule has 0 aliphatic heterocycles. The lowest BCUT2D eigenvalue weighted by Gasteiger charge is -2.19. The summed E-state index contributed by atoms with van der Waals surface area (Å²) in [4.78, 5) is 26.9. The molecular weight excluding hydrogens is 328 g/mol. The fourth-order valence-electron chi connectivity index (χ4n) is 2.61. The zero-order valence-electron chi connectivity index (χ0n) is 15.6. The Labute approximate surface area is 155 Å². The number of anilines is 1. The van der Waals surface area contributed by atoms with Crippen LogP contribution in [0.2, 0.25) is 0 Å². The molecule has 138 valence electrons. The highest BCUT2D eigenvalue weighted by atomic mass is 16.5. The van der Waals surface area contributed by atoms with Crippen molar-refractivity contribution in [3.05, 3.63) is 59.7 Å². The van der Waals surface area contributed by atoms with Crippen molar-refractivity contribution in [1.82, 2.24) is 4.90 Å². The number of ether oxygens (including phenoxy) is 1. The number of benzene rings is 2. The average molecular weight is 354 g/mol. The molecule has 2 aromatic carbocycles. The third-order valence-corrected chi connectivity index (χ3v) is 4.01. The molecule has 0 aliphatic rings. The van der Waals surface area contributed by atoms with Gasteiger partial charge < -0.3 is 15.0 Å². The summed E-state index contributed by atoms with van der Waals surface area (Å²) in [6.45, 7) is 7.75. The number of carbonyl (C=O) groups is 2. The van der Waals surface area contributed by atoms with Gasteiger partial charge >= 0.3 is 0 Å². The normalized spacial score (nSPS) is 10.3. The van der Waals surface area contributed by atoms with E-state index in [9.17, 15) is 9.59 Å². The van der Waals surface area contributed by atoms with E-state index in [1.807, 2.05) is 26.8 Å². The Morgan fingerprint density at radius 2 is 1.73 bits per heavy atom. The Hall–Kier alpha value is -2.82. The highest BCUT2D eigenvalue weighted by Gasteiger charge is 2.15. The molecule has 2 amide bonds. The van der Waals surface area contributed by atoms with Gasteiger partial charge in [-0.25, -0.2) is 0 Å². The van der Waals surface area contributed by atoms with Crippen molar-refractivity contribution in [3.63, 3.8) is 0 Å². The van der Waals surface area contributed by atoms with E-state index in [4.69, 9.17) is 4.74 Å². The smallest absolute Gasteiger partial charge is 0.259 e. The second-order valence-corrected chi connectivity index (χ2v) is 5.86. The van der Waals surface area contributed by atoms with Gasteiger partial charge in [0.1, 0.15) is 5.75 Å². The van der Waals surface area contributed by atoms with Gasteiger partial charge in [-0.3, -0.25) is 9.59 Å². The number of amides is 2. The number of hydrogen-bond donors (Lipinski definition) is 1. The van der Waals surface area contributed by atoms with E-state index in [-0.39, 0.29) is 11.8 Å². The van der Waals surface area contributed by atoms with Crippen LogP contribution in [-0.4, -0.2) is 36.4 Å². The van der Waals surface area contributed by atoms with Gasteiger partial charge in [-0.2, -0.15) is 0 Å². The predicted octanol–water partition coefficient (Wildman–Crippen LogP) is 4.21. The molecular formula is C21H26N2O3. The summed E-state index contributed by atoms with van der Waals surface area (Å²) in [5, 5.41) is 2.86. The first-order valence-electron chi connectivity index (χ1n) is 9.03. The molecule has 2 rings (SSSR count). The minimum absolute atomic E-state index is 0.0437. The van der Waals surface area contributed by atoms with Crippen molar-refractivity contribution in [1.29, 1.82) is 0 Å². The van der Waals surface area contributed by atoms with Crippen LogP contribution in [-0.2, 0) is 0 Å². The standard InChI is InChI=1S/C21H26N2O3/c1-4-14-26-19-13-8-7-12-18(19)20(24)22-17-11-9-10-16(15-17)21(25)23(5-2)6-3/h7-13,15H,4-6,14H2,1-3H3,(H,22,24). The molecule has 0 aliphatic carbocycles. The van der Waals surface area contributed by atoms with Crippen molar-refractivity contribution in [2.45, 2.75) is 27.2 Å². The third kappa shape index (κ3) is 4.85. The SMILES string of the molecule is CCCOc1ccccc1C(=O)Nc1cccc(C(=O)N(CC)CC)c1. The molecule has 0 atom stereocenters. The summed E-state index contributed by atoms with van der Waals surface area (Å²) in [6, 6.07) is 14.1. The molecule has 0 bridgehead atoms. The second kappa shape index (κ2) is 9.61. The molecule has 0 saturated heterocycles. The van der Waals surface area contributed by atoms with Crippen LogP contribution in [0.3, 0.4) is 0 Å². The predicted molar refractivity (Wildman–Crippen MR) is 104 cm³/mol. The number of para-hydroxylation sites is 1. The fraction of sp³-hybridized carbons (Fsp3) is 0.333. The average Bonchev–Trinajstić information content (AvgIpc) is 2.67. The van der Waals surface area contributed by atoms with Gasteiger partial charge in [-0.05, 0) is 50.6 Å². The van der Waals surface area contributed by atoms with Gasteiger partial charge in [0, 0.05) is 24.3 Å². The van der Waals surface area contributed by atoms with Crippen molar-refractivity contribution in [2.24, 2.45) is 0 Å². The lowest BCUT2D eigenvalue weighted by atomic mass is 10.1. The second-order valence-electron chi connectivity index (χ2n) is 5.86. The van der Waals surface area contributed by atoms with E-state index in [1.54, 1.807) is 47.4 Å². The molecule has 0 fully saturated rings. The summed E-state index contributed by atoms with van der Waals surface area (Å²) < 4.78 is 5.65. The Morgan fingerprint density at radius 1 is 1.00 bits per heavy atom. The maximum absolute atomic E-state index is 12.6. The minimum atomic E-state index is -0.260. The number of carbonyl (C=O) groups excluding carboxylic acids is 2. The summed E-state index contributed by atoms with van der Waals surface area (Å²) in [7, 11) is 0. The van der Waals surface area contributed by atoms with Crippen LogP contribution in [0.25, 0.3) is 0 Å². The molecule has 0 radical (unpaired) electrons. The van der Waals surface area contributed by atoms with Crippen LogP contribution in [0.1, 0.15) is 47.9 Å². The van der Waals surface area contributed by atoms with E-state index in [2.05, 4.69) is 5.32 Å². The van der Waals surface area contributed by atoms with Crippen LogP contribution in [0.4, 0.5) is 5.69 Å².